The number of nitrogens with two attached hydrogens (primary N) is 2. The van der Waals surface area contributed by atoms with Crippen molar-refractivity contribution in [3.8, 4) is 0 Å². The first kappa shape index (κ1) is 15.7. The van der Waals surface area contributed by atoms with E-state index in [0.717, 1.165) is 4.31 Å². The van der Waals surface area contributed by atoms with E-state index in [1.54, 1.807) is 13.8 Å². The minimum absolute atomic E-state index is 0.0690. The van der Waals surface area contributed by atoms with E-state index in [4.69, 9.17) is 23.1 Å². The van der Waals surface area contributed by atoms with Crippen LogP contribution in [0.5, 0.6) is 0 Å². The number of nitrogen functional groups attached to an aromatic ring is 1. The van der Waals surface area contributed by atoms with Gasteiger partial charge in [0.05, 0.1) is 12.2 Å². The number of anilines is 1. The molecule has 0 bridgehead atoms. The van der Waals surface area contributed by atoms with Crippen molar-refractivity contribution in [1.82, 2.24) is 4.31 Å². The lowest BCUT2D eigenvalue weighted by Gasteiger charge is -2.25. The lowest BCUT2D eigenvalue weighted by Crippen LogP contribution is -2.42. The molecule has 0 aliphatic rings. The molecule has 1 aromatic rings. The topological polar surface area (TPSA) is 106 Å². The number of primary amides is 1. The summed E-state index contributed by atoms with van der Waals surface area (Å²) >= 11 is 5.78. The lowest BCUT2D eigenvalue weighted by molar-refractivity contribution is -0.118. The summed E-state index contributed by atoms with van der Waals surface area (Å²) in [6.07, 6.45) is 0. The molecule has 1 aromatic carbocycles. The minimum atomic E-state index is -3.93. The summed E-state index contributed by atoms with van der Waals surface area (Å²) in [4.78, 5) is 10.9. The highest BCUT2D eigenvalue weighted by atomic mass is 35.5. The Balaban J connectivity index is 3.34. The summed E-state index contributed by atoms with van der Waals surface area (Å²) in [7, 11) is -3.93. The van der Waals surface area contributed by atoms with E-state index in [-0.39, 0.29) is 15.6 Å². The fourth-order valence-electron chi connectivity index (χ4n) is 1.56. The van der Waals surface area contributed by atoms with E-state index in [9.17, 15) is 13.2 Å². The Bertz CT molecular complexity index is 587. The smallest absolute Gasteiger partial charge is 0.245 e. The molecule has 6 nitrogen and oxygen atoms in total. The molecular weight excluding hydrogens is 290 g/mol. The maximum Gasteiger partial charge on any atom is 0.245 e. The van der Waals surface area contributed by atoms with Gasteiger partial charge in [-0.3, -0.25) is 4.79 Å². The van der Waals surface area contributed by atoms with Gasteiger partial charge in [0.15, 0.2) is 0 Å². The fourth-order valence-corrected chi connectivity index (χ4v) is 3.54. The molecule has 0 saturated heterocycles. The maximum atomic E-state index is 12.5. The number of hydrogen-bond acceptors (Lipinski definition) is 4. The molecule has 8 heteroatoms. The van der Waals surface area contributed by atoms with Crippen LogP contribution in [0.15, 0.2) is 23.1 Å². The standard InChI is InChI=1S/C11H16ClN3O3S/c1-7(2)15(6-11(14)16)19(17,18)10-5-8(12)3-4-9(10)13/h3-5,7H,6,13H2,1-2H3,(H2,14,16). The molecule has 106 valence electrons. The van der Waals surface area contributed by atoms with Crippen LogP contribution in [-0.2, 0) is 14.8 Å². The molecule has 1 amide bonds. The molecule has 0 fully saturated rings. The van der Waals surface area contributed by atoms with Gasteiger partial charge >= 0.3 is 0 Å². The van der Waals surface area contributed by atoms with Gasteiger partial charge in [0.1, 0.15) is 4.90 Å². The highest BCUT2D eigenvalue weighted by molar-refractivity contribution is 7.89. The molecule has 0 radical (unpaired) electrons. The molecule has 0 spiro atoms. The lowest BCUT2D eigenvalue weighted by atomic mass is 10.3. The SMILES string of the molecule is CC(C)N(CC(N)=O)S(=O)(=O)c1cc(Cl)ccc1N. The average Bonchev–Trinajstić information content (AvgIpc) is 2.28. The third-order valence-corrected chi connectivity index (χ3v) is 4.76. The van der Waals surface area contributed by atoms with Crippen molar-refractivity contribution in [2.24, 2.45) is 5.73 Å². The van der Waals surface area contributed by atoms with Crippen LogP contribution in [0.25, 0.3) is 0 Å². The molecule has 0 atom stereocenters. The van der Waals surface area contributed by atoms with Crippen LogP contribution in [0.3, 0.4) is 0 Å². The maximum absolute atomic E-state index is 12.5. The van der Waals surface area contributed by atoms with E-state index in [1.807, 2.05) is 0 Å². The van der Waals surface area contributed by atoms with Crippen molar-refractivity contribution < 1.29 is 13.2 Å². The van der Waals surface area contributed by atoms with Crippen LogP contribution in [0.1, 0.15) is 13.8 Å². The van der Waals surface area contributed by atoms with Gasteiger partial charge in [-0.05, 0) is 32.0 Å². The summed E-state index contributed by atoms with van der Waals surface area (Å²) in [6, 6.07) is 3.71. The number of carbonyl (C=O) groups is 1. The number of hydrogen-bond donors (Lipinski definition) is 2. The van der Waals surface area contributed by atoms with Crippen LogP contribution < -0.4 is 11.5 Å². The monoisotopic (exact) mass is 305 g/mol. The van der Waals surface area contributed by atoms with Gasteiger partial charge in [-0.15, -0.1) is 0 Å². The van der Waals surface area contributed by atoms with Gasteiger partial charge in [0, 0.05) is 11.1 Å². The third-order valence-electron chi connectivity index (χ3n) is 2.45. The number of halogens is 1. The molecule has 0 aliphatic heterocycles. The van der Waals surface area contributed by atoms with E-state index < -0.39 is 28.5 Å². The summed E-state index contributed by atoms with van der Waals surface area (Å²) in [5.74, 6) is -0.738. The first-order valence-electron chi connectivity index (χ1n) is 5.51. The Hall–Kier alpha value is -1.31. The van der Waals surface area contributed by atoms with Crippen LogP contribution >= 0.6 is 11.6 Å². The fraction of sp³-hybridized carbons (Fsp3) is 0.364. The molecule has 0 aromatic heterocycles. The Morgan fingerprint density at radius 2 is 2.00 bits per heavy atom. The number of amides is 1. The first-order valence-corrected chi connectivity index (χ1v) is 7.33. The van der Waals surface area contributed by atoms with Gasteiger partial charge in [0.25, 0.3) is 0 Å². The van der Waals surface area contributed by atoms with Crippen molar-refractivity contribution in [3.05, 3.63) is 23.2 Å². The number of benzene rings is 1. The van der Waals surface area contributed by atoms with Crippen LogP contribution in [-0.4, -0.2) is 31.2 Å². The van der Waals surface area contributed by atoms with Crippen LogP contribution in [0.4, 0.5) is 5.69 Å². The number of carbonyl (C=O) groups excluding carboxylic acids is 1. The Morgan fingerprint density at radius 3 is 2.47 bits per heavy atom. The van der Waals surface area contributed by atoms with Gasteiger partial charge in [-0.25, -0.2) is 8.42 Å². The summed E-state index contributed by atoms with van der Waals surface area (Å²) < 4.78 is 25.9. The van der Waals surface area contributed by atoms with Gasteiger partial charge < -0.3 is 11.5 Å². The molecule has 4 N–H and O–H groups in total. The van der Waals surface area contributed by atoms with Gasteiger partial charge in [0.2, 0.25) is 15.9 Å². The number of sulfonamides is 1. The Morgan fingerprint density at radius 1 is 1.42 bits per heavy atom. The van der Waals surface area contributed by atoms with E-state index in [1.165, 1.54) is 18.2 Å². The molecule has 1 rings (SSSR count). The summed E-state index contributed by atoms with van der Waals surface area (Å²) in [5.41, 5.74) is 10.8. The second-order valence-electron chi connectivity index (χ2n) is 4.29. The van der Waals surface area contributed by atoms with Crippen LogP contribution in [0, 0.1) is 0 Å². The molecule has 0 heterocycles. The first-order chi connectivity index (χ1) is 8.66. The van der Waals surface area contributed by atoms with E-state index in [2.05, 4.69) is 0 Å². The zero-order valence-corrected chi connectivity index (χ0v) is 12.2. The number of nitrogens with zero attached hydrogens (tertiary/aromatic N) is 1. The average molecular weight is 306 g/mol. The predicted molar refractivity (Wildman–Crippen MR) is 74.1 cm³/mol. The molecular formula is C11H16ClN3O3S. The van der Waals surface area contributed by atoms with Gasteiger partial charge in [-0.1, -0.05) is 11.6 Å². The van der Waals surface area contributed by atoms with E-state index in [0.29, 0.717) is 0 Å². The largest absolute Gasteiger partial charge is 0.398 e. The van der Waals surface area contributed by atoms with E-state index >= 15 is 0 Å². The molecule has 0 saturated carbocycles. The van der Waals surface area contributed by atoms with Crippen LogP contribution in [0.2, 0.25) is 5.02 Å². The third kappa shape index (κ3) is 3.59. The second-order valence-corrected chi connectivity index (χ2v) is 6.59. The number of rotatable bonds is 5. The minimum Gasteiger partial charge on any atom is -0.398 e. The van der Waals surface area contributed by atoms with Crippen molar-refractivity contribution in [2.45, 2.75) is 24.8 Å². The zero-order valence-electron chi connectivity index (χ0n) is 10.6. The quantitative estimate of drug-likeness (QED) is 0.785. The molecule has 0 aliphatic carbocycles. The highest BCUT2D eigenvalue weighted by Crippen LogP contribution is 2.26. The second kappa shape index (κ2) is 5.77. The van der Waals surface area contributed by atoms with Crippen molar-refractivity contribution >= 4 is 33.2 Å². The molecule has 0 unspecified atom stereocenters. The van der Waals surface area contributed by atoms with Crippen molar-refractivity contribution in [3.63, 3.8) is 0 Å². The summed E-state index contributed by atoms with van der Waals surface area (Å²) in [6.45, 7) is 2.87. The summed E-state index contributed by atoms with van der Waals surface area (Å²) in [5, 5.41) is 0.246. The normalized spacial score (nSPS) is 12.1. The van der Waals surface area contributed by atoms with Crippen molar-refractivity contribution in [1.29, 1.82) is 0 Å². The zero-order chi connectivity index (χ0) is 14.8. The highest BCUT2D eigenvalue weighted by Gasteiger charge is 2.30. The Labute approximate surface area is 117 Å². The van der Waals surface area contributed by atoms with Gasteiger partial charge in [-0.2, -0.15) is 4.31 Å². The van der Waals surface area contributed by atoms with Crippen molar-refractivity contribution in [2.75, 3.05) is 12.3 Å². The molecule has 19 heavy (non-hydrogen) atoms. The predicted octanol–water partition coefficient (Wildman–Crippen LogP) is 0.807. The Kier molecular flexibility index (Phi) is 4.78.